The minimum atomic E-state index is 0.470. The Bertz CT molecular complexity index is 1270. The van der Waals surface area contributed by atoms with Crippen LogP contribution < -0.4 is 5.32 Å². The van der Waals surface area contributed by atoms with Crippen molar-refractivity contribution >= 4 is 17.0 Å². The van der Waals surface area contributed by atoms with Crippen LogP contribution in [0.25, 0.3) is 34.0 Å². The van der Waals surface area contributed by atoms with Gasteiger partial charge in [-0.3, -0.25) is 9.97 Å². The van der Waals surface area contributed by atoms with Crippen molar-refractivity contribution < 1.29 is 4.52 Å². The lowest BCUT2D eigenvalue weighted by Crippen LogP contribution is -2.02. The zero-order valence-corrected chi connectivity index (χ0v) is 15.2. The molecule has 0 saturated heterocycles. The van der Waals surface area contributed by atoms with Crippen LogP contribution in [0.4, 0.5) is 5.82 Å². The molecular formula is C21H15N7O. The summed E-state index contributed by atoms with van der Waals surface area (Å²) in [4.78, 5) is 21.4. The fourth-order valence-electron chi connectivity index (χ4n) is 2.92. The fraction of sp³-hybridized carbons (Fsp3) is 0.0476. The van der Waals surface area contributed by atoms with E-state index in [9.17, 15) is 0 Å². The average molecular weight is 381 g/mol. The Morgan fingerprint density at radius 2 is 1.72 bits per heavy atom. The Kier molecular flexibility index (Phi) is 4.34. The first kappa shape index (κ1) is 16.9. The summed E-state index contributed by atoms with van der Waals surface area (Å²) in [6, 6.07) is 15.4. The molecule has 0 bridgehead atoms. The van der Waals surface area contributed by atoms with Crippen molar-refractivity contribution in [1.29, 1.82) is 0 Å². The summed E-state index contributed by atoms with van der Waals surface area (Å²) in [5.41, 5.74) is 4.15. The Morgan fingerprint density at radius 1 is 0.828 bits per heavy atom. The highest BCUT2D eigenvalue weighted by Gasteiger charge is 2.11. The first-order valence-corrected chi connectivity index (χ1v) is 9.00. The molecule has 8 heteroatoms. The summed E-state index contributed by atoms with van der Waals surface area (Å²) >= 11 is 0. The highest BCUT2D eigenvalue weighted by atomic mass is 16.5. The van der Waals surface area contributed by atoms with Crippen LogP contribution in [0.3, 0.4) is 0 Å². The molecule has 29 heavy (non-hydrogen) atoms. The van der Waals surface area contributed by atoms with Crippen molar-refractivity contribution in [2.75, 3.05) is 5.32 Å². The quantitative estimate of drug-likeness (QED) is 0.491. The van der Waals surface area contributed by atoms with Gasteiger partial charge in [0, 0.05) is 42.5 Å². The number of hydrogen-bond donors (Lipinski definition) is 1. The number of nitrogens with zero attached hydrogens (tertiary/aromatic N) is 6. The van der Waals surface area contributed by atoms with E-state index in [1.54, 1.807) is 24.8 Å². The molecule has 0 unspecified atom stereocenters. The monoisotopic (exact) mass is 381 g/mol. The molecule has 1 aromatic carbocycles. The third-order valence-corrected chi connectivity index (χ3v) is 4.34. The third-order valence-electron chi connectivity index (χ3n) is 4.34. The van der Waals surface area contributed by atoms with E-state index in [4.69, 9.17) is 4.52 Å². The first-order valence-electron chi connectivity index (χ1n) is 9.00. The first-order chi connectivity index (χ1) is 14.3. The van der Waals surface area contributed by atoms with E-state index >= 15 is 0 Å². The Labute approximate surface area is 165 Å². The third kappa shape index (κ3) is 3.63. The van der Waals surface area contributed by atoms with E-state index in [1.807, 2.05) is 48.5 Å². The van der Waals surface area contributed by atoms with Crippen LogP contribution in [0.15, 0.2) is 77.8 Å². The summed E-state index contributed by atoms with van der Waals surface area (Å²) in [6.45, 7) is 0.595. The van der Waals surface area contributed by atoms with Gasteiger partial charge in [-0.15, -0.1) is 0 Å². The van der Waals surface area contributed by atoms with Crippen molar-refractivity contribution in [2.45, 2.75) is 6.54 Å². The van der Waals surface area contributed by atoms with E-state index in [2.05, 4.69) is 35.4 Å². The number of benzene rings is 1. The lowest BCUT2D eigenvalue weighted by atomic mass is 10.1. The minimum absolute atomic E-state index is 0.470. The molecule has 8 nitrogen and oxygen atoms in total. The lowest BCUT2D eigenvalue weighted by Gasteiger charge is -2.07. The number of rotatable bonds is 5. The summed E-state index contributed by atoms with van der Waals surface area (Å²) in [5, 5.41) is 7.37. The molecule has 0 amide bonds. The standard InChI is InChI=1S/C21H15N7O/c1-2-14(13-25-18-5-4-17-20(26-18)24-11-10-23-17)12-16(3-1)21-27-19(28-29-21)15-6-8-22-9-7-15/h1-12H,13H2,(H,24,25,26). The van der Waals surface area contributed by atoms with Gasteiger partial charge in [0.05, 0.1) is 0 Å². The normalized spacial score (nSPS) is 10.9. The maximum absolute atomic E-state index is 5.44. The molecule has 0 spiro atoms. The van der Waals surface area contributed by atoms with Crippen molar-refractivity contribution in [3.8, 4) is 22.8 Å². The SMILES string of the molecule is c1cc(CNc2ccc3nccnc3n2)cc(-c2nc(-c3ccncc3)no2)c1. The highest BCUT2D eigenvalue weighted by Crippen LogP contribution is 2.23. The van der Waals surface area contributed by atoms with Crippen LogP contribution in [0.5, 0.6) is 0 Å². The second-order valence-electron chi connectivity index (χ2n) is 6.31. The van der Waals surface area contributed by atoms with Gasteiger partial charge in [-0.1, -0.05) is 17.3 Å². The van der Waals surface area contributed by atoms with Gasteiger partial charge < -0.3 is 9.84 Å². The predicted octanol–water partition coefficient (Wildman–Crippen LogP) is 3.75. The second kappa shape index (κ2) is 7.43. The van der Waals surface area contributed by atoms with E-state index in [-0.39, 0.29) is 0 Å². The predicted molar refractivity (Wildman–Crippen MR) is 108 cm³/mol. The number of hydrogen-bond acceptors (Lipinski definition) is 8. The van der Waals surface area contributed by atoms with Crippen LogP contribution in [-0.2, 0) is 6.54 Å². The summed E-state index contributed by atoms with van der Waals surface area (Å²) in [6.07, 6.45) is 6.68. The van der Waals surface area contributed by atoms with Crippen molar-refractivity contribution in [3.05, 3.63) is 78.9 Å². The van der Waals surface area contributed by atoms with Crippen LogP contribution in [0, 0.1) is 0 Å². The highest BCUT2D eigenvalue weighted by molar-refractivity contribution is 5.71. The number of fused-ring (bicyclic) bond motifs is 1. The largest absolute Gasteiger partial charge is 0.366 e. The zero-order valence-electron chi connectivity index (χ0n) is 15.2. The summed E-state index contributed by atoms with van der Waals surface area (Å²) in [5.74, 6) is 1.74. The number of anilines is 1. The summed E-state index contributed by atoms with van der Waals surface area (Å²) < 4.78 is 5.44. The van der Waals surface area contributed by atoms with Gasteiger partial charge in [0.15, 0.2) is 5.65 Å². The van der Waals surface area contributed by atoms with E-state index in [0.29, 0.717) is 23.9 Å². The van der Waals surface area contributed by atoms with E-state index in [0.717, 1.165) is 28.0 Å². The molecule has 0 aliphatic carbocycles. The van der Waals surface area contributed by atoms with Crippen LogP contribution >= 0.6 is 0 Å². The lowest BCUT2D eigenvalue weighted by molar-refractivity contribution is 0.432. The van der Waals surface area contributed by atoms with Crippen molar-refractivity contribution in [3.63, 3.8) is 0 Å². The van der Waals surface area contributed by atoms with Crippen LogP contribution in [0.1, 0.15) is 5.56 Å². The Hall–Kier alpha value is -4.20. The molecule has 5 rings (SSSR count). The second-order valence-corrected chi connectivity index (χ2v) is 6.31. The topological polar surface area (TPSA) is 103 Å². The molecule has 0 radical (unpaired) electrons. The van der Waals surface area contributed by atoms with Crippen molar-refractivity contribution in [1.82, 2.24) is 30.1 Å². The van der Waals surface area contributed by atoms with Gasteiger partial charge in [-0.25, -0.2) is 9.97 Å². The molecule has 4 heterocycles. The number of nitrogens with one attached hydrogen (secondary N) is 1. The summed E-state index contributed by atoms with van der Waals surface area (Å²) in [7, 11) is 0. The van der Waals surface area contributed by atoms with Gasteiger partial charge in [0.25, 0.3) is 5.89 Å². The smallest absolute Gasteiger partial charge is 0.258 e. The maximum atomic E-state index is 5.44. The van der Waals surface area contributed by atoms with Crippen LogP contribution in [-0.4, -0.2) is 30.1 Å². The van der Waals surface area contributed by atoms with Gasteiger partial charge in [-0.2, -0.15) is 4.98 Å². The Balaban J connectivity index is 1.34. The molecular weight excluding hydrogens is 366 g/mol. The molecule has 0 aliphatic heterocycles. The molecule has 0 saturated carbocycles. The minimum Gasteiger partial charge on any atom is -0.366 e. The van der Waals surface area contributed by atoms with Gasteiger partial charge in [0.1, 0.15) is 11.3 Å². The molecule has 140 valence electrons. The molecule has 0 fully saturated rings. The number of aromatic nitrogens is 6. The molecule has 4 aromatic heterocycles. The maximum Gasteiger partial charge on any atom is 0.258 e. The Morgan fingerprint density at radius 3 is 2.66 bits per heavy atom. The van der Waals surface area contributed by atoms with E-state index in [1.165, 1.54) is 0 Å². The van der Waals surface area contributed by atoms with Gasteiger partial charge >= 0.3 is 0 Å². The molecule has 0 atom stereocenters. The van der Waals surface area contributed by atoms with Gasteiger partial charge in [0.2, 0.25) is 5.82 Å². The van der Waals surface area contributed by atoms with Crippen molar-refractivity contribution in [2.24, 2.45) is 0 Å². The fourth-order valence-corrected chi connectivity index (χ4v) is 2.92. The molecule has 5 aromatic rings. The van der Waals surface area contributed by atoms with Gasteiger partial charge in [-0.05, 0) is 42.0 Å². The number of pyridine rings is 2. The van der Waals surface area contributed by atoms with Crippen LogP contribution in [0.2, 0.25) is 0 Å². The van der Waals surface area contributed by atoms with E-state index < -0.39 is 0 Å². The molecule has 0 aliphatic rings. The molecule has 1 N–H and O–H groups in total. The zero-order chi connectivity index (χ0) is 19.5. The average Bonchev–Trinajstić information content (AvgIpc) is 3.29.